The Morgan fingerprint density at radius 3 is 2.86 bits per heavy atom. The average Bonchev–Trinajstić information content (AvgIpc) is 2.84. The molecule has 1 N–H and O–H groups in total. The number of carbonyl (C=O) groups is 1. The van der Waals surface area contributed by atoms with E-state index in [2.05, 4.69) is 15.3 Å². The van der Waals surface area contributed by atoms with Crippen molar-refractivity contribution >= 4 is 23.2 Å². The number of amides is 1. The molecular formula is C16H15ClN4O. The molecule has 0 fully saturated rings. The molecule has 0 spiro atoms. The van der Waals surface area contributed by atoms with Gasteiger partial charge in [0.2, 0.25) is 0 Å². The SMILES string of the molecule is Cc1nc2c(C)cccn2c1C(=O)NCc1ccc(Cl)nc1. The van der Waals surface area contributed by atoms with Crippen LogP contribution in [-0.2, 0) is 6.54 Å². The highest BCUT2D eigenvalue weighted by Gasteiger charge is 2.17. The predicted octanol–water partition coefficient (Wildman–Crippen LogP) is 2.93. The van der Waals surface area contributed by atoms with Crippen LogP contribution in [0.1, 0.15) is 27.3 Å². The number of nitrogens with zero attached hydrogens (tertiary/aromatic N) is 3. The second-order valence-electron chi connectivity index (χ2n) is 5.10. The van der Waals surface area contributed by atoms with Crippen LogP contribution in [0.2, 0.25) is 5.15 Å². The highest BCUT2D eigenvalue weighted by atomic mass is 35.5. The molecule has 0 aliphatic heterocycles. The Balaban J connectivity index is 1.85. The van der Waals surface area contributed by atoms with E-state index in [4.69, 9.17) is 11.6 Å². The quantitative estimate of drug-likeness (QED) is 0.756. The molecule has 3 heterocycles. The third-order valence-corrected chi connectivity index (χ3v) is 3.70. The molecule has 0 unspecified atom stereocenters. The van der Waals surface area contributed by atoms with Gasteiger partial charge in [0.05, 0.1) is 5.69 Å². The molecule has 0 atom stereocenters. The van der Waals surface area contributed by atoms with Gasteiger partial charge in [-0.15, -0.1) is 0 Å². The third kappa shape index (κ3) is 2.67. The van der Waals surface area contributed by atoms with Gasteiger partial charge in [0.1, 0.15) is 16.5 Å². The number of pyridine rings is 2. The Kier molecular flexibility index (Phi) is 3.81. The van der Waals surface area contributed by atoms with E-state index in [9.17, 15) is 4.79 Å². The molecule has 22 heavy (non-hydrogen) atoms. The summed E-state index contributed by atoms with van der Waals surface area (Å²) in [6.45, 7) is 4.20. The van der Waals surface area contributed by atoms with Crippen LogP contribution in [0.15, 0.2) is 36.7 Å². The molecule has 3 aromatic heterocycles. The van der Waals surface area contributed by atoms with Gasteiger partial charge in [0.15, 0.2) is 0 Å². The van der Waals surface area contributed by atoms with E-state index in [1.165, 1.54) is 0 Å². The first-order chi connectivity index (χ1) is 10.6. The van der Waals surface area contributed by atoms with Crippen molar-refractivity contribution in [2.24, 2.45) is 0 Å². The summed E-state index contributed by atoms with van der Waals surface area (Å²) in [5.74, 6) is -0.162. The molecule has 3 rings (SSSR count). The Bertz CT molecular complexity index is 839. The number of nitrogens with one attached hydrogen (secondary N) is 1. The number of halogens is 1. The Hall–Kier alpha value is -2.40. The number of aromatic nitrogens is 3. The van der Waals surface area contributed by atoms with Gasteiger partial charge in [-0.25, -0.2) is 9.97 Å². The first-order valence-electron chi connectivity index (χ1n) is 6.89. The Morgan fingerprint density at radius 1 is 1.32 bits per heavy atom. The lowest BCUT2D eigenvalue weighted by molar-refractivity contribution is 0.0944. The summed E-state index contributed by atoms with van der Waals surface area (Å²) in [4.78, 5) is 20.9. The maximum atomic E-state index is 12.5. The van der Waals surface area contributed by atoms with Crippen LogP contribution in [0.4, 0.5) is 0 Å². The molecule has 1 amide bonds. The normalized spacial score (nSPS) is 10.9. The number of fused-ring (bicyclic) bond motifs is 1. The van der Waals surface area contributed by atoms with Crippen molar-refractivity contribution in [1.29, 1.82) is 0 Å². The van der Waals surface area contributed by atoms with E-state index in [0.717, 1.165) is 16.8 Å². The van der Waals surface area contributed by atoms with Gasteiger partial charge in [-0.05, 0) is 37.1 Å². The number of aryl methyl sites for hydroxylation is 2. The van der Waals surface area contributed by atoms with Crippen molar-refractivity contribution in [2.75, 3.05) is 0 Å². The zero-order chi connectivity index (χ0) is 15.7. The molecule has 0 bridgehead atoms. The lowest BCUT2D eigenvalue weighted by atomic mass is 10.2. The van der Waals surface area contributed by atoms with Crippen molar-refractivity contribution in [3.63, 3.8) is 0 Å². The van der Waals surface area contributed by atoms with Crippen LogP contribution in [-0.4, -0.2) is 20.3 Å². The molecule has 112 valence electrons. The van der Waals surface area contributed by atoms with Crippen LogP contribution >= 0.6 is 11.6 Å². The maximum absolute atomic E-state index is 12.5. The summed E-state index contributed by atoms with van der Waals surface area (Å²) in [6, 6.07) is 7.42. The van der Waals surface area contributed by atoms with E-state index in [1.807, 2.05) is 42.6 Å². The molecule has 6 heteroatoms. The summed E-state index contributed by atoms with van der Waals surface area (Å²) >= 11 is 5.75. The van der Waals surface area contributed by atoms with Crippen molar-refractivity contribution < 1.29 is 4.79 Å². The summed E-state index contributed by atoms with van der Waals surface area (Å²) in [6.07, 6.45) is 3.50. The van der Waals surface area contributed by atoms with E-state index in [-0.39, 0.29) is 5.91 Å². The topological polar surface area (TPSA) is 59.3 Å². The van der Waals surface area contributed by atoms with Crippen LogP contribution < -0.4 is 5.32 Å². The molecule has 0 radical (unpaired) electrons. The molecule has 0 saturated carbocycles. The van der Waals surface area contributed by atoms with Crippen LogP contribution in [0.5, 0.6) is 0 Å². The molecule has 0 aliphatic rings. The van der Waals surface area contributed by atoms with Gasteiger partial charge < -0.3 is 5.32 Å². The molecule has 0 saturated heterocycles. The minimum Gasteiger partial charge on any atom is -0.347 e. The summed E-state index contributed by atoms with van der Waals surface area (Å²) < 4.78 is 1.82. The monoisotopic (exact) mass is 314 g/mol. The molecule has 0 aliphatic carbocycles. The maximum Gasteiger partial charge on any atom is 0.270 e. The van der Waals surface area contributed by atoms with Crippen molar-refractivity contribution in [3.05, 3.63) is 64.3 Å². The Morgan fingerprint density at radius 2 is 2.14 bits per heavy atom. The van der Waals surface area contributed by atoms with E-state index >= 15 is 0 Å². The fourth-order valence-corrected chi connectivity index (χ4v) is 2.48. The van der Waals surface area contributed by atoms with Gasteiger partial charge in [-0.2, -0.15) is 0 Å². The van der Waals surface area contributed by atoms with Crippen LogP contribution in [0.3, 0.4) is 0 Å². The standard InChI is InChI=1S/C16H15ClN4O/c1-10-4-3-7-21-14(11(2)20-15(10)21)16(22)19-9-12-5-6-13(17)18-8-12/h3-8H,9H2,1-2H3,(H,19,22). The average molecular weight is 315 g/mol. The fourth-order valence-electron chi connectivity index (χ4n) is 2.37. The number of imidazole rings is 1. The zero-order valence-corrected chi connectivity index (χ0v) is 13.1. The van der Waals surface area contributed by atoms with E-state index < -0.39 is 0 Å². The Labute approximate surface area is 133 Å². The number of hydrogen-bond donors (Lipinski definition) is 1. The highest BCUT2D eigenvalue weighted by Crippen LogP contribution is 2.15. The smallest absolute Gasteiger partial charge is 0.270 e. The lowest BCUT2D eigenvalue weighted by Gasteiger charge is -2.06. The summed E-state index contributed by atoms with van der Waals surface area (Å²) in [7, 11) is 0. The zero-order valence-electron chi connectivity index (χ0n) is 12.3. The van der Waals surface area contributed by atoms with Crippen molar-refractivity contribution in [3.8, 4) is 0 Å². The van der Waals surface area contributed by atoms with E-state index in [1.54, 1.807) is 12.3 Å². The van der Waals surface area contributed by atoms with Gasteiger partial charge >= 0.3 is 0 Å². The van der Waals surface area contributed by atoms with Crippen LogP contribution in [0.25, 0.3) is 5.65 Å². The lowest BCUT2D eigenvalue weighted by Crippen LogP contribution is -2.25. The largest absolute Gasteiger partial charge is 0.347 e. The summed E-state index contributed by atoms with van der Waals surface area (Å²) in [5.41, 5.74) is 3.99. The second-order valence-corrected chi connectivity index (χ2v) is 5.49. The predicted molar refractivity (Wildman–Crippen MR) is 85.1 cm³/mol. The van der Waals surface area contributed by atoms with Crippen LogP contribution in [0, 0.1) is 13.8 Å². The molecule has 3 aromatic rings. The molecule has 5 nitrogen and oxygen atoms in total. The third-order valence-electron chi connectivity index (χ3n) is 3.48. The first-order valence-corrected chi connectivity index (χ1v) is 7.27. The van der Waals surface area contributed by atoms with Crippen molar-refractivity contribution in [1.82, 2.24) is 19.7 Å². The second kappa shape index (κ2) is 5.77. The number of hydrogen-bond acceptors (Lipinski definition) is 3. The van der Waals surface area contributed by atoms with Gasteiger partial charge in [0.25, 0.3) is 5.91 Å². The van der Waals surface area contributed by atoms with Crippen molar-refractivity contribution in [2.45, 2.75) is 20.4 Å². The minimum absolute atomic E-state index is 0.162. The van der Waals surface area contributed by atoms with Gasteiger partial charge in [-0.3, -0.25) is 9.20 Å². The number of carbonyl (C=O) groups excluding carboxylic acids is 1. The van der Waals surface area contributed by atoms with Gasteiger partial charge in [-0.1, -0.05) is 23.7 Å². The number of rotatable bonds is 3. The van der Waals surface area contributed by atoms with Gasteiger partial charge in [0, 0.05) is 18.9 Å². The molecule has 0 aromatic carbocycles. The summed E-state index contributed by atoms with van der Waals surface area (Å²) in [5, 5.41) is 3.32. The fraction of sp³-hybridized carbons (Fsp3) is 0.188. The highest BCUT2D eigenvalue weighted by molar-refractivity contribution is 6.29. The minimum atomic E-state index is -0.162. The first kappa shape index (κ1) is 14.5. The molecular weight excluding hydrogens is 300 g/mol. The van der Waals surface area contributed by atoms with E-state index in [0.29, 0.717) is 23.1 Å².